The van der Waals surface area contributed by atoms with Crippen LogP contribution in [0.1, 0.15) is 31.2 Å². The van der Waals surface area contributed by atoms with Gasteiger partial charge in [-0.05, 0) is 25.0 Å². The Morgan fingerprint density at radius 1 is 1.00 bits per heavy atom. The Bertz CT molecular complexity index is 810. The van der Waals surface area contributed by atoms with Gasteiger partial charge in [0, 0.05) is 23.9 Å². The average Bonchev–Trinajstić information content (AvgIpc) is 2.56. The highest BCUT2D eigenvalue weighted by atomic mass is 32.2. The smallest absolute Gasteiger partial charge is 0.241 e. The van der Waals surface area contributed by atoms with Crippen molar-refractivity contribution in [2.24, 2.45) is 0 Å². The molecule has 0 amide bonds. The molecular formula is C17H20N2O3S. The van der Waals surface area contributed by atoms with Crippen molar-refractivity contribution in [1.29, 1.82) is 5.26 Å². The third kappa shape index (κ3) is 4.29. The Kier molecular flexibility index (Phi) is 6.11. The van der Waals surface area contributed by atoms with E-state index in [9.17, 15) is 8.42 Å². The van der Waals surface area contributed by atoms with Crippen LogP contribution in [-0.2, 0) is 10.0 Å². The van der Waals surface area contributed by atoms with Gasteiger partial charge in [0.15, 0.2) is 0 Å². The van der Waals surface area contributed by atoms with Crippen molar-refractivity contribution in [3.8, 4) is 6.07 Å². The number of fused-ring (bicyclic) bond motifs is 1. The lowest BCUT2D eigenvalue weighted by Crippen LogP contribution is -2.25. The molecule has 0 spiro atoms. The summed E-state index contributed by atoms with van der Waals surface area (Å²) in [5, 5.41) is 19.0. The van der Waals surface area contributed by atoms with Gasteiger partial charge in [-0.2, -0.15) is 5.26 Å². The average molecular weight is 332 g/mol. The molecule has 2 aromatic carbocycles. The maximum Gasteiger partial charge on any atom is 0.241 e. The molecule has 0 heterocycles. The van der Waals surface area contributed by atoms with Crippen LogP contribution in [0.4, 0.5) is 0 Å². The molecule has 5 nitrogen and oxygen atoms in total. The summed E-state index contributed by atoms with van der Waals surface area (Å²) < 4.78 is 27.6. The first-order chi connectivity index (χ1) is 11.1. The number of nitrogens with one attached hydrogen (secondary N) is 1. The van der Waals surface area contributed by atoms with Crippen molar-refractivity contribution >= 4 is 20.8 Å². The highest BCUT2D eigenvalue weighted by Gasteiger charge is 2.17. The number of sulfonamides is 1. The van der Waals surface area contributed by atoms with E-state index in [4.69, 9.17) is 10.4 Å². The molecule has 23 heavy (non-hydrogen) atoms. The van der Waals surface area contributed by atoms with E-state index in [2.05, 4.69) is 10.8 Å². The summed E-state index contributed by atoms with van der Waals surface area (Å²) in [4.78, 5) is 0.197. The lowest BCUT2D eigenvalue weighted by Gasteiger charge is -2.10. The Hall–Kier alpha value is -1.94. The molecule has 0 unspecified atom stereocenters. The largest absolute Gasteiger partial charge is 0.396 e. The molecule has 0 saturated heterocycles. The van der Waals surface area contributed by atoms with E-state index in [-0.39, 0.29) is 11.5 Å². The van der Waals surface area contributed by atoms with Crippen molar-refractivity contribution in [3.63, 3.8) is 0 Å². The van der Waals surface area contributed by atoms with Crippen LogP contribution in [0, 0.1) is 11.3 Å². The second kappa shape index (κ2) is 8.06. The molecule has 2 N–H and O–H groups in total. The van der Waals surface area contributed by atoms with Gasteiger partial charge in [-0.15, -0.1) is 0 Å². The molecule has 122 valence electrons. The number of aliphatic hydroxyl groups excluding tert-OH is 1. The van der Waals surface area contributed by atoms with Gasteiger partial charge in [-0.25, -0.2) is 13.1 Å². The molecule has 0 bridgehead atoms. The number of aliphatic hydroxyl groups is 1. The summed E-state index contributed by atoms with van der Waals surface area (Å²) in [6, 6.07) is 12.1. The molecular weight excluding hydrogens is 312 g/mol. The lowest BCUT2D eigenvalue weighted by atomic mass is 10.1. The van der Waals surface area contributed by atoms with Crippen LogP contribution in [0.5, 0.6) is 0 Å². The third-order valence-electron chi connectivity index (χ3n) is 3.67. The zero-order chi connectivity index (χ0) is 16.7. The number of unbranched alkanes of at least 4 members (excludes halogenated alkanes) is 3. The normalized spacial score (nSPS) is 11.5. The Morgan fingerprint density at radius 3 is 2.43 bits per heavy atom. The fourth-order valence-electron chi connectivity index (χ4n) is 2.49. The lowest BCUT2D eigenvalue weighted by molar-refractivity contribution is 0.282. The standard InChI is InChI=1S/C17H20N2O3S/c18-13-14-7-5-9-16-15(14)8-6-10-17(16)23(21,22)19-11-3-1-2-4-12-20/h5-10,19-20H,1-4,11-12H2. The van der Waals surface area contributed by atoms with Gasteiger partial charge < -0.3 is 5.11 Å². The zero-order valence-electron chi connectivity index (χ0n) is 12.8. The van der Waals surface area contributed by atoms with Crippen LogP contribution in [0.2, 0.25) is 0 Å². The van der Waals surface area contributed by atoms with Crippen LogP contribution in [0.25, 0.3) is 10.8 Å². The van der Waals surface area contributed by atoms with Gasteiger partial charge in [-0.3, -0.25) is 0 Å². The number of rotatable bonds is 8. The minimum Gasteiger partial charge on any atom is -0.396 e. The third-order valence-corrected chi connectivity index (χ3v) is 5.19. The predicted molar refractivity (Wildman–Crippen MR) is 89.4 cm³/mol. The molecule has 0 aliphatic carbocycles. The highest BCUT2D eigenvalue weighted by Crippen LogP contribution is 2.25. The van der Waals surface area contributed by atoms with E-state index < -0.39 is 10.0 Å². The SMILES string of the molecule is N#Cc1cccc2c(S(=O)(=O)NCCCCCCO)cccc12. The van der Waals surface area contributed by atoms with Crippen LogP contribution in [0.15, 0.2) is 41.3 Å². The minimum absolute atomic E-state index is 0.170. The summed E-state index contributed by atoms with van der Waals surface area (Å²) in [7, 11) is -3.61. The van der Waals surface area contributed by atoms with E-state index in [0.717, 1.165) is 25.7 Å². The van der Waals surface area contributed by atoms with Crippen LogP contribution >= 0.6 is 0 Å². The monoisotopic (exact) mass is 332 g/mol. The molecule has 0 saturated carbocycles. The first-order valence-electron chi connectivity index (χ1n) is 7.62. The molecule has 0 aromatic heterocycles. The van der Waals surface area contributed by atoms with Crippen molar-refractivity contribution in [1.82, 2.24) is 4.72 Å². The zero-order valence-corrected chi connectivity index (χ0v) is 13.6. The number of hydrogen-bond acceptors (Lipinski definition) is 4. The van der Waals surface area contributed by atoms with E-state index in [1.807, 2.05) is 0 Å². The Balaban J connectivity index is 2.17. The maximum absolute atomic E-state index is 12.5. The number of hydrogen-bond donors (Lipinski definition) is 2. The molecule has 2 rings (SSSR count). The van der Waals surface area contributed by atoms with Crippen LogP contribution < -0.4 is 4.72 Å². The van der Waals surface area contributed by atoms with E-state index in [1.165, 1.54) is 0 Å². The Labute approximate surface area is 136 Å². The Morgan fingerprint density at radius 2 is 1.70 bits per heavy atom. The van der Waals surface area contributed by atoms with Crippen molar-refractivity contribution < 1.29 is 13.5 Å². The van der Waals surface area contributed by atoms with E-state index in [1.54, 1.807) is 36.4 Å². The predicted octanol–water partition coefficient (Wildman–Crippen LogP) is 2.54. The second-order valence-electron chi connectivity index (χ2n) is 5.30. The van der Waals surface area contributed by atoms with Gasteiger partial charge in [0.1, 0.15) is 0 Å². The molecule has 0 atom stereocenters. The molecule has 2 aromatic rings. The van der Waals surface area contributed by atoms with Gasteiger partial charge in [0.25, 0.3) is 0 Å². The van der Waals surface area contributed by atoms with Gasteiger partial charge in [-0.1, -0.05) is 37.1 Å². The maximum atomic E-state index is 12.5. The second-order valence-corrected chi connectivity index (χ2v) is 7.04. The molecule has 0 fully saturated rings. The fourth-order valence-corrected chi connectivity index (χ4v) is 3.78. The number of nitriles is 1. The summed E-state index contributed by atoms with van der Waals surface area (Å²) in [5.41, 5.74) is 0.462. The summed E-state index contributed by atoms with van der Waals surface area (Å²) in [6.45, 7) is 0.533. The summed E-state index contributed by atoms with van der Waals surface area (Å²) >= 11 is 0. The van der Waals surface area contributed by atoms with Crippen molar-refractivity contribution in [2.45, 2.75) is 30.6 Å². The quantitative estimate of drug-likeness (QED) is 0.727. The van der Waals surface area contributed by atoms with E-state index >= 15 is 0 Å². The summed E-state index contributed by atoms with van der Waals surface area (Å²) in [5.74, 6) is 0. The van der Waals surface area contributed by atoms with E-state index in [0.29, 0.717) is 22.9 Å². The van der Waals surface area contributed by atoms with Crippen LogP contribution in [0.3, 0.4) is 0 Å². The first-order valence-corrected chi connectivity index (χ1v) is 9.11. The topological polar surface area (TPSA) is 90.2 Å². The van der Waals surface area contributed by atoms with Crippen molar-refractivity contribution in [2.75, 3.05) is 13.2 Å². The number of nitrogens with zero attached hydrogens (tertiary/aromatic N) is 1. The van der Waals surface area contributed by atoms with Gasteiger partial charge in [0.05, 0.1) is 16.5 Å². The molecule has 0 aliphatic rings. The highest BCUT2D eigenvalue weighted by molar-refractivity contribution is 7.89. The first kappa shape index (κ1) is 17.4. The minimum atomic E-state index is -3.61. The van der Waals surface area contributed by atoms with Crippen molar-refractivity contribution in [3.05, 3.63) is 42.0 Å². The number of benzene rings is 2. The van der Waals surface area contributed by atoms with Gasteiger partial charge >= 0.3 is 0 Å². The van der Waals surface area contributed by atoms with Crippen LogP contribution in [-0.4, -0.2) is 26.7 Å². The molecule has 6 heteroatoms. The molecule has 0 aliphatic heterocycles. The fraction of sp³-hybridized carbons (Fsp3) is 0.353. The summed E-state index contributed by atoms with van der Waals surface area (Å²) in [6.07, 6.45) is 3.23. The van der Waals surface area contributed by atoms with Gasteiger partial charge in [0.2, 0.25) is 10.0 Å². The molecule has 0 radical (unpaired) electrons.